The first-order valence-electron chi connectivity index (χ1n) is 6.73. The van der Waals surface area contributed by atoms with Crippen molar-refractivity contribution in [1.82, 2.24) is 0 Å². The summed E-state index contributed by atoms with van der Waals surface area (Å²) in [6.07, 6.45) is -0.351. The summed E-state index contributed by atoms with van der Waals surface area (Å²) >= 11 is 0. The first-order valence-corrected chi connectivity index (χ1v) is 8.66. The zero-order valence-electron chi connectivity index (χ0n) is 12.9. The molecule has 0 saturated carbocycles. The van der Waals surface area contributed by atoms with Crippen molar-refractivity contribution in [3.63, 3.8) is 0 Å². The molecule has 0 N–H and O–H groups in total. The van der Waals surface area contributed by atoms with Gasteiger partial charge in [0.1, 0.15) is 0 Å². The van der Waals surface area contributed by atoms with E-state index in [1.807, 2.05) is 27.7 Å². The van der Waals surface area contributed by atoms with Crippen molar-refractivity contribution in [3.05, 3.63) is 35.1 Å². The molecule has 0 fully saturated rings. The molecule has 0 unspecified atom stereocenters. The molecule has 120 valence electrons. The van der Waals surface area contributed by atoms with Gasteiger partial charge in [0.05, 0.1) is 0 Å². The molecule has 0 aromatic heterocycles. The van der Waals surface area contributed by atoms with E-state index in [2.05, 4.69) is 0 Å². The Balaban J connectivity index is 3.10. The fourth-order valence-electron chi connectivity index (χ4n) is 1.96. The van der Waals surface area contributed by atoms with E-state index >= 15 is 0 Å². The molecular weight excluding hydrogens is 301 g/mol. The van der Waals surface area contributed by atoms with Crippen LogP contribution in [0.4, 0.5) is 13.2 Å². The van der Waals surface area contributed by atoms with Gasteiger partial charge in [0.15, 0.2) is 17.5 Å². The molecule has 7 heteroatoms. The maximum Gasteiger partial charge on any atom is 0.505 e. The van der Waals surface area contributed by atoms with Gasteiger partial charge in [0, 0.05) is 25.4 Å². The zero-order valence-corrected chi connectivity index (χ0v) is 13.9. The monoisotopic (exact) mass is 322 g/mol. The van der Waals surface area contributed by atoms with Crippen molar-refractivity contribution in [3.8, 4) is 0 Å². The summed E-state index contributed by atoms with van der Waals surface area (Å²) in [5, 5.41) is 0. The predicted molar refractivity (Wildman–Crippen MR) is 75.2 cm³/mol. The topological polar surface area (TPSA) is 27.7 Å². The fraction of sp³-hybridized carbons (Fsp3) is 0.571. The van der Waals surface area contributed by atoms with Crippen LogP contribution in [0.15, 0.2) is 12.1 Å². The van der Waals surface area contributed by atoms with E-state index in [-0.39, 0.29) is 23.8 Å². The number of benzene rings is 1. The van der Waals surface area contributed by atoms with E-state index in [1.165, 1.54) is 7.11 Å². The highest BCUT2D eigenvalue weighted by Crippen LogP contribution is 2.22. The quantitative estimate of drug-likeness (QED) is 0.567. The number of hydrogen-bond donors (Lipinski definition) is 0. The molecule has 1 rings (SSSR count). The van der Waals surface area contributed by atoms with Crippen LogP contribution in [0, 0.1) is 17.5 Å². The average Bonchev–Trinajstić information content (AvgIpc) is 2.34. The molecule has 0 radical (unpaired) electrons. The van der Waals surface area contributed by atoms with Gasteiger partial charge in [-0.3, -0.25) is 0 Å². The van der Waals surface area contributed by atoms with Crippen molar-refractivity contribution in [1.29, 1.82) is 0 Å². The molecular formula is C14H21F3O3Si. The highest BCUT2D eigenvalue weighted by molar-refractivity contribution is 6.60. The van der Waals surface area contributed by atoms with Crippen LogP contribution in [-0.2, 0) is 19.3 Å². The molecule has 0 heterocycles. The smallest absolute Gasteiger partial charge is 0.377 e. The van der Waals surface area contributed by atoms with Gasteiger partial charge in [-0.1, -0.05) is 0 Å². The van der Waals surface area contributed by atoms with Crippen LogP contribution in [0.25, 0.3) is 0 Å². The van der Waals surface area contributed by atoms with E-state index in [4.69, 9.17) is 13.3 Å². The van der Waals surface area contributed by atoms with E-state index in [0.717, 1.165) is 12.1 Å². The van der Waals surface area contributed by atoms with Crippen LogP contribution < -0.4 is 0 Å². The molecule has 3 nitrogen and oxygen atoms in total. The van der Waals surface area contributed by atoms with Gasteiger partial charge in [-0.2, -0.15) is 0 Å². The number of rotatable bonds is 7. The highest BCUT2D eigenvalue weighted by Gasteiger charge is 2.42. The summed E-state index contributed by atoms with van der Waals surface area (Å²) in [6, 6.07) is 1.94. The molecule has 0 atom stereocenters. The van der Waals surface area contributed by atoms with Crippen molar-refractivity contribution in [2.75, 3.05) is 7.11 Å². The predicted octanol–water partition coefficient (Wildman–Crippen LogP) is 3.62. The van der Waals surface area contributed by atoms with Gasteiger partial charge in [-0.15, -0.1) is 0 Å². The normalized spacial score (nSPS) is 12.5. The summed E-state index contributed by atoms with van der Waals surface area (Å²) in [6.45, 7) is 7.26. The average molecular weight is 322 g/mol. The molecule has 0 aliphatic carbocycles. The third-order valence-electron chi connectivity index (χ3n) is 2.61. The lowest BCUT2D eigenvalue weighted by Gasteiger charge is -2.31. The molecule has 0 aliphatic rings. The second kappa shape index (κ2) is 7.39. The fourth-order valence-corrected chi connectivity index (χ4v) is 4.66. The van der Waals surface area contributed by atoms with Crippen LogP contribution in [0.5, 0.6) is 0 Å². The van der Waals surface area contributed by atoms with E-state index in [9.17, 15) is 13.2 Å². The van der Waals surface area contributed by atoms with Crippen molar-refractivity contribution < 1.29 is 26.4 Å². The Labute approximate surface area is 124 Å². The van der Waals surface area contributed by atoms with E-state index < -0.39 is 26.3 Å². The lowest BCUT2D eigenvalue weighted by molar-refractivity contribution is 0.0319. The maximum atomic E-state index is 13.3. The third kappa shape index (κ3) is 5.10. The molecule has 0 amide bonds. The Morgan fingerprint density at radius 3 is 1.71 bits per heavy atom. The third-order valence-corrected chi connectivity index (χ3v) is 5.73. The van der Waals surface area contributed by atoms with Crippen molar-refractivity contribution >= 4 is 8.80 Å². The number of halogens is 3. The van der Waals surface area contributed by atoms with Gasteiger partial charge >= 0.3 is 8.80 Å². The lowest BCUT2D eigenvalue weighted by atomic mass is 10.2. The van der Waals surface area contributed by atoms with Gasteiger partial charge in [-0.25, -0.2) is 13.2 Å². The Morgan fingerprint density at radius 1 is 0.952 bits per heavy atom. The van der Waals surface area contributed by atoms with Gasteiger partial charge in [0.25, 0.3) is 0 Å². The van der Waals surface area contributed by atoms with Crippen LogP contribution in [0.1, 0.15) is 33.3 Å². The minimum absolute atomic E-state index is 0.0635. The second-order valence-corrected chi connectivity index (χ2v) is 7.87. The van der Waals surface area contributed by atoms with Crippen LogP contribution in [-0.4, -0.2) is 28.1 Å². The molecule has 0 aliphatic heterocycles. The summed E-state index contributed by atoms with van der Waals surface area (Å²) < 4.78 is 56.6. The summed E-state index contributed by atoms with van der Waals surface area (Å²) in [5.41, 5.74) is 0.237. The molecule has 21 heavy (non-hydrogen) atoms. The van der Waals surface area contributed by atoms with E-state index in [0.29, 0.717) is 0 Å². The SMILES string of the molecule is CO[Si](Cc1cc(F)c(F)c(F)c1)(OC(C)C)OC(C)C. The Hall–Kier alpha value is -0.893. The Bertz CT molecular complexity index is 448. The molecule has 0 spiro atoms. The van der Waals surface area contributed by atoms with Crippen molar-refractivity contribution in [2.24, 2.45) is 0 Å². The van der Waals surface area contributed by atoms with Crippen molar-refractivity contribution in [2.45, 2.75) is 45.9 Å². The zero-order chi connectivity index (χ0) is 16.2. The minimum Gasteiger partial charge on any atom is -0.377 e. The highest BCUT2D eigenvalue weighted by atomic mass is 28.4. The van der Waals surface area contributed by atoms with Crippen LogP contribution >= 0.6 is 0 Å². The molecule has 1 aromatic carbocycles. The second-order valence-electron chi connectivity index (χ2n) is 5.27. The number of hydrogen-bond acceptors (Lipinski definition) is 3. The standard InChI is InChI=1S/C14H21F3O3Si/c1-9(2)19-21(18-5,20-10(3)4)8-11-6-12(15)14(17)13(16)7-11/h6-7,9-10H,8H2,1-5H3. The summed E-state index contributed by atoms with van der Waals surface area (Å²) in [4.78, 5) is 0. The molecule has 0 saturated heterocycles. The maximum absolute atomic E-state index is 13.3. The Morgan fingerprint density at radius 2 is 1.38 bits per heavy atom. The first-order chi connectivity index (χ1) is 9.69. The van der Waals surface area contributed by atoms with Gasteiger partial charge in [-0.05, 0) is 45.4 Å². The van der Waals surface area contributed by atoms with Crippen LogP contribution in [0.3, 0.4) is 0 Å². The summed E-state index contributed by atoms with van der Waals surface area (Å²) in [5.74, 6) is -3.96. The summed E-state index contributed by atoms with van der Waals surface area (Å²) in [7, 11) is -1.72. The van der Waals surface area contributed by atoms with E-state index in [1.54, 1.807) is 0 Å². The Kier molecular flexibility index (Phi) is 6.39. The minimum atomic E-state index is -3.16. The molecule has 1 aromatic rings. The van der Waals surface area contributed by atoms with Crippen LogP contribution in [0.2, 0.25) is 0 Å². The largest absolute Gasteiger partial charge is 0.505 e. The molecule has 0 bridgehead atoms. The van der Waals surface area contributed by atoms with Gasteiger partial charge < -0.3 is 13.3 Å². The van der Waals surface area contributed by atoms with Gasteiger partial charge in [0.2, 0.25) is 0 Å². The first kappa shape index (κ1) is 18.2. The lowest BCUT2D eigenvalue weighted by Crippen LogP contribution is -2.50.